The minimum absolute atomic E-state index is 0.591. The van der Waals surface area contributed by atoms with Crippen LogP contribution in [0.15, 0.2) is 12.2 Å². The molecular weight excluding hydrogens is 382 g/mol. The Kier molecular flexibility index (Phi) is 3.94. The SMILES string of the molecule is CC1C=CCC2C1C(F)(F)C2(F)C(F)(F)c1c(F)c(F)c(F)c(F)c1F. The van der Waals surface area contributed by atoms with Gasteiger partial charge >= 0.3 is 5.92 Å². The summed E-state index contributed by atoms with van der Waals surface area (Å²) >= 11 is 0. The molecule has 0 aliphatic heterocycles. The number of hydrogen-bond donors (Lipinski definition) is 0. The van der Waals surface area contributed by atoms with Crippen molar-refractivity contribution in [3.63, 3.8) is 0 Å². The van der Waals surface area contributed by atoms with Crippen LogP contribution < -0.4 is 0 Å². The molecule has 0 spiro atoms. The number of hydrogen-bond acceptors (Lipinski definition) is 0. The predicted octanol–water partition coefficient (Wildman–Crippen LogP) is 5.66. The summed E-state index contributed by atoms with van der Waals surface area (Å²) in [6.07, 6.45) is 1.82. The molecule has 1 fully saturated rings. The van der Waals surface area contributed by atoms with Crippen LogP contribution in [0.4, 0.5) is 43.9 Å². The Morgan fingerprint density at radius 1 is 0.885 bits per heavy atom. The van der Waals surface area contributed by atoms with Gasteiger partial charge in [0, 0.05) is 11.8 Å². The van der Waals surface area contributed by atoms with Crippen LogP contribution in [0.25, 0.3) is 0 Å². The van der Waals surface area contributed by atoms with Gasteiger partial charge in [0.15, 0.2) is 23.3 Å². The van der Waals surface area contributed by atoms with Crippen LogP contribution in [-0.4, -0.2) is 11.6 Å². The summed E-state index contributed by atoms with van der Waals surface area (Å²) in [5.41, 5.74) is -7.70. The van der Waals surface area contributed by atoms with Crippen molar-refractivity contribution < 1.29 is 43.9 Å². The Bertz CT molecular complexity index is 770. The smallest absolute Gasteiger partial charge is 0.230 e. The van der Waals surface area contributed by atoms with E-state index in [-0.39, 0.29) is 0 Å². The van der Waals surface area contributed by atoms with E-state index < -0.39 is 76.3 Å². The molecule has 0 radical (unpaired) electrons. The van der Waals surface area contributed by atoms with Crippen LogP contribution >= 0.6 is 0 Å². The summed E-state index contributed by atoms with van der Waals surface area (Å²) in [4.78, 5) is 0. The Morgan fingerprint density at radius 2 is 1.35 bits per heavy atom. The number of halogens is 10. The van der Waals surface area contributed by atoms with Gasteiger partial charge in [-0.15, -0.1) is 0 Å². The van der Waals surface area contributed by atoms with Crippen LogP contribution in [0.1, 0.15) is 18.9 Å². The standard InChI is InChI=1S/C16H10F10/c1-5-3-2-4-6-7(5)15(23,24)14(6,22)16(25,26)8-9(17)11(19)13(21)12(20)10(8)18/h2-3,5-7H,4H2,1H3. The second kappa shape index (κ2) is 5.39. The molecule has 2 aliphatic rings. The Morgan fingerprint density at radius 3 is 1.85 bits per heavy atom. The minimum atomic E-state index is -5.66. The molecule has 0 aromatic heterocycles. The number of rotatable bonds is 2. The fraction of sp³-hybridized carbons (Fsp3) is 0.500. The first kappa shape index (κ1) is 19.0. The Labute approximate surface area is 140 Å². The van der Waals surface area contributed by atoms with Crippen molar-refractivity contribution in [3.05, 3.63) is 46.8 Å². The molecule has 2 aliphatic carbocycles. The lowest BCUT2D eigenvalue weighted by molar-refractivity contribution is -0.378. The van der Waals surface area contributed by atoms with E-state index in [4.69, 9.17) is 0 Å². The van der Waals surface area contributed by atoms with Gasteiger partial charge in [-0.3, -0.25) is 0 Å². The quantitative estimate of drug-likeness (QED) is 0.264. The maximum atomic E-state index is 15.0. The molecule has 1 aromatic carbocycles. The largest absolute Gasteiger partial charge is 0.318 e. The highest BCUT2D eigenvalue weighted by molar-refractivity contribution is 5.36. The number of alkyl halides is 5. The molecule has 10 heteroatoms. The van der Waals surface area contributed by atoms with E-state index in [9.17, 15) is 43.9 Å². The molecule has 3 rings (SSSR count). The monoisotopic (exact) mass is 392 g/mol. The Balaban J connectivity index is 2.23. The van der Waals surface area contributed by atoms with Crippen molar-refractivity contribution in [2.45, 2.75) is 30.9 Å². The zero-order chi connectivity index (χ0) is 19.8. The minimum Gasteiger partial charge on any atom is -0.230 e. The highest BCUT2D eigenvalue weighted by atomic mass is 19.3. The van der Waals surface area contributed by atoms with Crippen molar-refractivity contribution in [2.75, 3.05) is 0 Å². The molecule has 0 amide bonds. The summed E-state index contributed by atoms with van der Waals surface area (Å²) in [5, 5.41) is 0. The number of fused-ring (bicyclic) bond motifs is 1. The number of benzene rings is 1. The zero-order valence-electron chi connectivity index (χ0n) is 12.9. The van der Waals surface area contributed by atoms with Gasteiger partial charge in [0.1, 0.15) is 5.56 Å². The molecule has 1 aromatic rings. The van der Waals surface area contributed by atoms with Gasteiger partial charge in [-0.05, 0) is 12.3 Å². The summed E-state index contributed by atoms with van der Waals surface area (Å²) in [5.74, 6) is -29.7. The summed E-state index contributed by atoms with van der Waals surface area (Å²) < 4.78 is 140. The predicted molar refractivity (Wildman–Crippen MR) is 68.8 cm³/mol. The van der Waals surface area contributed by atoms with Gasteiger partial charge in [0.2, 0.25) is 11.5 Å². The molecule has 26 heavy (non-hydrogen) atoms. The lowest BCUT2D eigenvalue weighted by Gasteiger charge is -2.60. The van der Waals surface area contributed by atoms with Crippen molar-refractivity contribution in [3.8, 4) is 0 Å². The molecule has 0 N–H and O–H groups in total. The number of allylic oxidation sites excluding steroid dienone is 2. The van der Waals surface area contributed by atoms with Crippen LogP contribution in [0.5, 0.6) is 0 Å². The molecule has 0 saturated heterocycles. The first-order chi connectivity index (χ1) is 11.8. The molecule has 4 atom stereocenters. The van der Waals surface area contributed by atoms with Crippen LogP contribution in [0.2, 0.25) is 0 Å². The van der Waals surface area contributed by atoms with Crippen LogP contribution in [0.3, 0.4) is 0 Å². The lowest BCUT2D eigenvalue weighted by Crippen LogP contribution is -2.76. The maximum absolute atomic E-state index is 15.0. The highest BCUT2D eigenvalue weighted by Crippen LogP contribution is 2.70. The van der Waals surface area contributed by atoms with Gasteiger partial charge in [-0.25, -0.2) is 35.1 Å². The molecule has 144 valence electrons. The third kappa shape index (κ3) is 1.93. The topological polar surface area (TPSA) is 0 Å². The van der Waals surface area contributed by atoms with E-state index in [1.54, 1.807) is 0 Å². The third-order valence-corrected chi connectivity index (χ3v) is 5.22. The normalized spacial score (nSPS) is 33.0. The second-order valence-electron chi connectivity index (χ2n) is 6.51. The zero-order valence-corrected chi connectivity index (χ0v) is 12.9. The first-order valence-electron chi connectivity index (χ1n) is 7.44. The molecule has 1 saturated carbocycles. The van der Waals surface area contributed by atoms with Crippen LogP contribution in [-0.2, 0) is 5.92 Å². The lowest BCUT2D eigenvalue weighted by atomic mass is 9.50. The van der Waals surface area contributed by atoms with Gasteiger partial charge in [-0.1, -0.05) is 19.1 Å². The summed E-state index contributed by atoms with van der Waals surface area (Å²) in [6, 6.07) is 0. The second-order valence-corrected chi connectivity index (χ2v) is 6.51. The van der Waals surface area contributed by atoms with E-state index >= 15 is 0 Å². The Hall–Kier alpha value is -1.74. The van der Waals surface area contributed by atoms with Crippen molar-refractivity contribution in [1.82, 2.24) is 0 Å². The summed E-state index contributed by atoms with van der Waals surface area (Å²) in [7, 11) is 0. The molecule has 0 nitrogen and oxygen atoms in total. The van der Waals surface area contributed by atoms with Crippen molar-refractivity contribution in [1.29, 1.82) is 0 Å². The van der Waals surface area contributed by atoms with Gasteiger partial charge in [0.25, 0.3) is 5.92 Å². The fourth-order valence-electron chi connectivity index (χ4n) is 3.96. The van der Waals surface area contributed by atoms with E-state index in [0.29, 0.717) is 0 Å². The average molecular weight is 392 g/mol. The van der Waals surface area contributed by atoms with Crippen molar-refractivity contribution >= 4 is 0 Å². The van der Waals surface area contributed by atoms with E-state index in [0.717, 1.165) is 6.08 Å². The van der Waals surface area contributed by atoms with E-state index in [1.807, 2.05) is 0 Å². The van der Waals surface area contributed by atoms with E-state index in [2.05, 4.69) is 0 Å². The van der Waals surface area contributed by atoms with E-state index in [1.165, 1.54) is 13.0 Å². The van der Waals surface area contributed by atoms with Gasteiger partial charge in [0.05, 0.1) is 0 Å². The van der Waals surface area contributed by atoms with Gasteiger partial charge < -0.3 is 0 Å². The highest BCUT2D eigenvalue weighted by Gasteiger charge is 2.86. The van der Waals surface area contributed by atoms with Gasteiger partial charge in [-0.2, -0.15) is 8.78 Å². The maximum Gasteiger partial charge on any atom is 0.318 e. The van der Waals surface area contributed by atoms with Crippen LogP contribution in [0, 0.1) is 46.8 Å². The fourth-order valence-corrected chi connectivity index (χ4v) is 3.96. The first-order valence-corrected chi connectivity index (χ1v) is 7.44. The third-order valence-electron chi connectivity index (χ3n) is 5.22. The molecular formula is C16H10F10. The summed E-state index contributed by atoms with van der Waals surface area (Å²) in [6.45, 7) is 1.22. The molecule has 0 bridgehead atoms. The average Bonchev–Trinajstić information content (AvgIpc) is 2.56. The molecule has 4 unspecified atom stereocenters. The van der Waals surface area contributed by atoms with Crippen molar-refractivity contribution in [2.24, 2.45) is 17.8 Å². The molecule has 0 heterocycles.